The van der Waals surface area contributed by atoms with Gasteiger partial charge in [0.05, 0.1) is 6.42 Å². The van der Waals surface area contributed by atoms with Crippen molar-refractivity contribution in [2.24, 2.45) is 0 Å². The van der Waals surface area contributed by atoms with Crippen molar-refractivity contribution in [1.82, 2.24) is 10.2 Å². The molecule has 0 fully saturated rings. The number of rotatable bonds is 7. The van der Waals surface area contributed by atoms with Crippen LogP contribution in [0.3, 0.4) is 0 Å². The van der Waals surface area contributed by atoms with Gasteiger partial charge >= 0.3 is 0 Å². The highest BCUT2D eigenvalue weighted by Gasteiger charge is 2.27. The van der Waals surface area contributed by atoms with Gasteiger partial charge in [-0.05, 0) is 56.2 Å². The highest BCUT2D eigenvalue weighted by atomic mass is 35.5. The topological polar surface area (TPSA) is 49.4 Å². The summed E-state index contributed by atoms with van der Waals surface area (Å²) in [6.45, 7) is 5.55. The maximum Gasteiger partial charge on any atom is 0.242 e. The molecule has 0 aliphatic heterocycles. The van der Waals surface area contributed by atoms with Gasteiger partial charge in [0.15, 0.2) is 0 Å². The minimum absolute atomic E-state index is 0.0243. The second-order valence-corrected chi connectivity index (χ2v) is 7.74. The van der Waals surface area contributed by atoms with Crippen LogP contribution in [0.25, 0.3) is 0 Å². The first-order valence-corrected chi connectivity index (χ1v) is 9.71. The van der Waals surface area contributed by atoms with Crippen LogP contribution < -0.4 is 5.32 Å². The van der Waals surface area contributed by atoms with Crippen LogP contribution in [0, 0.1) is 5.82 Å². The molecule has 4 nitrogen and oxygen atoms in total. The zero-order valence-electron chi connectivity index (χ0n) is 16.0. The third-order valence-corrected chi connectivity index (χ3v) is 4.81. The number of amides is 2. The van der Waals surface area contributed by atoms with Crippen LogP contribution in [-0.4, -0.2) is 28.8 Å². The second kappa shape index (κ2) is 9.89. The fourth-order valence-corrected chi connectivity index (χ4v) is 3.18. The third kappa shape index (κ3) is 6.21. The predicted octanol–water partition coefficient (Wildman–Crippen LogP) is 4.62. The molecule has 1 atom stereocenters. The fourth-order valence-electron chi connectivity index (χ4n) is 2.70. The summed E-state index contributed by atoms with van der Waals surface area (Å²) in [5.74, 6) is -0.882. The summed E-state index contributed by atoms with van der Waals surface area (Å²) in [5, 5.41) is 3.69. The lowest BCUT2D eigenvalue weighted by atomic mass is 10.1. The molecule has 1 N–H and O–H groups in total. The Labute approximate surface area is 174 Å². The first kappa shape index (κ1) is 22.2. The number of carbonyl (C=O) groups is 2. The van der Waals surface area contributed by atoms with E-state index in [4.69, 9.17) is 23.2 Å². The number of nitrogens with one attached hydrogen (secondary N) is 1. The predicted molar refractivity (Wildman–Crippen MR) is 110 cm³/mol. The van der Waals surface area contributed by atoms with E-state index >= 15 is 0 Å². The normalized spacial score (nSPS) is 12.0. The van der Waals surface area contributed by atoms with Gasteiger partial charge in [-0.3, -0.25) is 9.59 Å². The summed E-state index contributed by atoms with van der Waals surface area (Å²) in [5.41, 5.74) is 1.35. The van der Waals surface area contributed by atoms with Crippen LogP contribution in [0.15, 0.2) is 42.5 Å². The maximum atomic E-state index is 13.2. The van der Waals surface area contributed by atoms with E-state index in [2.05, 4.69) is 5.32 Å². The first-order valence-electron chi connectivity index (χ1n) is 8.95. The molecule has 0 saturated carbocycles. The number of nitrogens with zero attached hydrogens (tertiary/aromatic N) is 1. The summed E-state index contributed by atoms with van der Waals surface area (Å²) in [6.07, 6.45) is 0.0243. The van der Waals surface area contributed by atoms with Gasteiger partial charge in [-0.1, -0.05) is 41.4 Å². The molecule has 150 valence electrons. The molecule has 0 unspecified atom stereocenters. The van der Waals surface area contributed by atoms with Crippen molar-refractivity contribution < 1.29 is 14.0 Å². The van der Waals surface area contributed by atoms with Crippen LogP contribution in [-0.2, 0) is 22.6 Å². The summed E-state index contributed by atoms with van der Waals surface area (Å²) in [6, 6.07) is 10.0. The molecule has 0 bridgehead atoms. The van der Waals surface area contributed by atoms with E-state index in [0.717, 1.165) is 5.56 Å². The van der Waals surface area contributed by atoms with Crippen LogP contribution in [0.4, 0.5) is 4.39 Å². The molecule has 2 aromatic rings. The molecule has 0 aromatic heterocycles. The SMILES string of the molecule is CC(C)NC(=O)[C@@H](C)N(Cc1ccc(F)cc1)C(=O)Cc1ccc(Cl)cc1Cl. The molecule has 0 saturated heterocycles. The highest BCUT2D eigenvalue weighted by Crippen LogP contribution is 2.22. The van der Waals surface area contributed by atoms with E-state index in [1.165, 1.54) is 17.0 Å². The monoisotopic (exact) mass is 424 g/mol. The number of hydrogen-bond donors (Lipinski definition) is 1. The van der Waals surface area contributed by atoms with Gasteiger partial charge < -0.3 is 10.2 Å². The highest BCUT2D eigenvalue weighted by molar-refractivity contribution is 6.35. The summed E-state index contributed by atoms with van der Waals surface area (Å²) >= 11 is 12.1. The summed E-state index contributed by atoms with van der Waals surface area (Å²) < 4.78 is 13.2. The van der Waals surface area contributed by atoms with Gasteiger partial charge in [-0.25, -0.2) is 4.39 Å². The van der Waals surface area contributed by atoms with E-state index in [0.29, 0.717) is 15.6 Å². The molecular weight excluding hydrogens is 402 g/mol. The Morgan fingerprint density at radius 2 is 1.71 bits per heavy atom. The lowest BCUT2D eigenvalue weighted by molar-refractivity contribution is -0.140. The first-order chi connectivity index (χ1) is 13.2. The Balaban J connectivity index is 2.26. The zero-order chi connectivity index (χ0) is 20.8. The second-order valence-electron chi connectivity index (χ2n) is 6.90. The van der Waals surface area contributed by atoms with Crippen molar-refractivity contribution in [1.29, 1.82) is 0 Å². The molecule has 28 heavy (non-hydrogen) atoms. The molecule has 0 heterocycles. The van der Waals surface area contributed by atoms with Gasteiger partial charge in [0.2, 0.25) is 11.8 Å². The number of hydrogen-bond acceptors (Lipinski definition) is 2. The molecule has 0 aliphatic rings. The molecule has 0 aliphatic carbocycles. The minimum Gasteiger partial charge on any atom is -0.352 e. The molecule has 2 amide bonds. The minimum atomic E-state index is -0.703. The van der Waals surface area contributed by atoms with E-state index in [1.807, 2.05) is 13.8 Å². The molecular formula is C21H23Cl2FN2O2. The fraction of sp³-hybridized carbons (Fsp3) is 0.333. The molecule has 0 spiro atoms. The molecule has 2 aromatic carbocycles. The van der Waals surface area contributed by atoms with E-state index in [9.17, 15) is 14.0 Å². The maximum absolute atomic E-state index is 13.2. The van der Waals surface area contributed by atoms with Gasteiger partial charge in [-0.2, -0.15) is 0 Å². The van der Waals surface area contributed by atoms with E-state index < -0.39 is 6.04 Å². The van der Waals surface area contributed by atoms with Crippen LogP contribution in [0.2, 0.25) is 10.0 Å². The average Bonchev–Trinajstić information content (AvgIpc) is 2.62. The Morgan fingerprint density at radius 1 is 1.07 bits per heavy atom. The van der Waals surface area contributed by atoms with Crippen LogP contribution in [0.1, 0.15) is 31.9 Å². The van der Waals surface area contributed by atoms with Crippen molar-refractivity contribution in [2.75, 3.05) is 0 Å². The lowest BCUT2D eigenvalue weighted by Gasteiger charge is -2.29. The van der Waals surface area contributed by atoms with Crippen molar-refractivity contribution >= 4 is 35.0 Å². The quantitative estimate of drug-likeness (QED) is 0.704. The Kier molecular flexibility index (Phi) is 7.84. The largest absolute Gasteiger partial charge is 0.352 e. The lowest BCUT2D eigenvalue weighted by Crippen LogP contribution is -2.49. The van der Waals surface area contributed by atoms with Gasteiger partial charge in [-0.15, -0.1) is 0 Å². The summed E-state index contributed by atoms with van der Waals surface area (Å²) in [4.78, 5) is 27.0. The van der Waals surface area contributed by atoms with E-state index in [1.54, 1.807) is 37.3 Å². The smallest absolute Gasteiger partial charge is 0.242 e. The average molecular weight is 425 g/mol. The number of carbonyl (C=O) groups excluding carboxylic acids is 2. The number of benzene rings is 2. The van der Waals surface area contributed by atoms with Gasteiger partial charge in [0.25, 0.3) is 0 Å². The van der Waals surface area contributed by atoms with Crippen LogP contribution in [0.5, 0.6) is 0 Å². The van der Waals surface area contributed by atoms with Crippen LogP contribution >= 0.6 is 23.2 Å². The standard InChI is InChI=1S/C21H23Cl2FN2O2/c1-13(2)25-21(28)14(3)26(12-15-4-8-18(24)9-5-15)20(27)10-16-6-7-17(22)11-19(16)23/h4-9,11,13-14H,10,12H2,1-3H3,(H,25,28)/t14-/m1/s1. The Hall–Kier alpha value is -2.11. The Morgan fingerprint density at radius 3 is 2.29 bits per heavy atom. The van der Waals surface area contributed by atoms with Crippen molar-refractivity contribution in [2.45, 2.75) is 45.8 Å². The molecule has 2 rings (SSSR count). The molecule has 0 radical (unpaired) electrons. The van der Waals surface area contributed by atoms with Crippen molar-refractivity contribution in [3.63, 3.8) is 0 Å². The Bertz CT molecular complexity index is 841. The van der Waals surface area contributed by atoms with E-state index in [-0.39, 0.29) is 36.6 Å². The van der Waals surface area contributed by atoms with Gasteiger partial charge in [0.1, 0.15) is 11.9 Å². The van der Waals surface area contributed by atoms with Crippen molar-refractivity contribution in [3.05, 3.63) is 69.5 Å². The molecule has 7 heteroatoms. The third-order valence-electron chi connectivity index (χ3n) is 4.22. The van der Waals surface area contributed by atoms with Gasteiger partial charge in [0, 0.05) is 22.6 Å². The summed E-state index contributed by atoms with van der Waals surface area (Å²) in [7, 11) is 0. The zero-order valence-corrected chi connectivity index (χ0v) is 17.5. The number of halogens is 3. The van der Waals surface area contributed by atoms with Crippen molar-refractivity contribution in [3.8, 4) is 0 Å².